The molecule has 146 valence electrons. The summed E-state index contributed by atoms with van der Waals surface area (Å²) < 4.78 is 16.5. The topological polar surface area (TPSA) is 64.1 Å². The van der Waals surface area contributed by atoms with E-state index in [1.165, 1.54) is 0 Å². The summed E-state index contributed by atoms with van der Waals surface area (Å²) in [5.74, 6) is 2.78. The first kappa shape index (κ1) is 19.0. The highest BCUT2D eigenvalue weighted by atomic mass is 35.5. The van der Waals surface area contributed by atoms with Crippen LogP contribution in [0.2, 0.25) is 5.02 Å². The van der Waals surface area contributed by atoms with Gasteiger partial charge in [-0.05, 0) is 78.4 Å². The smallest absolute Gasteiger partial charge is 0.231 e. The van der Waals surface area contributed by atoms with Gasteiger partial charge >= 0.3 is 0 Å². The number of rotatable bonds is 5. The number of fused-ring (bicyclic) bond motifs is 1. The summed E-state index contributed by atoms with van der Waals surface area (Å²) in [6.07, 6.45) is 1.67. The maximum atomic E-state index is 5.86. The van der Waals surface area contributed by atoms with E-state index in [9.17, 15) is 0 Å². The lowest BCUT2D eigenvalue weighted by atomic mass is 10.2. The van der Waals surface area contributed by atoms with Gasteiger partial charge in [0.05, 0.1) is 6.21 Å². The Balaban J connectivity index is 1.29. The molecule has 0 bridgehead atoms. The zero-order valence-corrected chi connectivity index (χ0v) is 16.7. The van der Waals surface area contributed by atoms with Crippen LogP contribution in [0.5, 0.6) is 23.0 Å². The van der Waals surface area contributed by atoms with E-state index >= 15 is 0 Å². The molecule has 0 aromatic heterocycles. The highest BCUT2D eigenvalue weighted by Crippen LogP contribution is 2.36. The minimum atomic E-state index is 0.236. The summed E-state index contributed by atoms with van der Waals surface area (Å²) in [6, 6.07) is 20.2. The van der Waals surface area contributed by atoms with Crippen LogP contribution in [0.15, 0.2) is 71.8 Å². The van der Waals surface area contributed by atoms with Crippen LogP contribution < -0.4 is 25.0 Å². The average molecular weight is 426 g/mol. The fourth-order valence-corrected chi connectivity index (χ4v) is 2.85. The third-order valence-corrected chi connectivity index (χ3v) is 4.39. The lowest BCUT2D eigenvalue weighted by Crippen LogP contribution is -2.23. The Hall–Kier alpha value is -3.29. The van der Waals surface area contributed by atoms with Gasteiger partial charge in [0, 0.05) is 16.8 Å². The zero-order chi connectivity index (χ0) is 20.1. The maximum Gasteiger partial charge on any atom is 0.231 e. The van der Waals surface area contributed by atoms with Crippen molar-refractivity contribution < 1.29 is 14.2 Å². The highest BCUT2D eigenvalue weighted by molar-refractivity contribution is 7.80. The number of nitrogens with zero attached hydrogens (tertiary/aromatic N) is 1. The first-order chi connectivity index (χ1) is 14.2. The molecule has 0 aliphatic carbocycles. The number of halogens is 1. The van der Waals surface area contributed by atoms with E-state index in [1.54, 1.807) is 24.4 Å². The van der Waals surface area contributed by atoms with Gasteiger partial charge in [-0.3, -0.25) is 5.43 Å². The van der Waals surface area contributed by atoms with E-state index in [0.29, 0.717) is 27.4 Å². The number of hydrogen-bond acceptors (Lipinski definition) is 5. The first-order valence-electron chi connectivity index (χ1n) is 8.69. The number of nitrogens with one attached hydrogen (secondary N) is 2. The summed E-state index contributed by atoms with van der Waals surface area (Å²) in [4.78, 5) is 0. The van der Waals surface area contributed by atoms with Crippen LogP contribution in [0.4, 0.5) is 5.69 Å². The molecule has 1 aliphatic rings. The average Bonchev–Trinajstić information content (AvgIpc) is 3.19. The van der Waals surface area contributed by atoms with Gasteiger partial charge in [-0.1, -0.05) is 11.6 Å². The monoisotopic (exact) mass is 425 g/mol. The van der Waals surface area contributed by atoms with E-state index in [0.717, 1.165) is 17.0 Å². The SMILES string of the molecule is S=C(N/N=C/c1ccc(Oc2ccc3c(c2)OCO3)cc1)Nc1ccc(Cl)cc1. The Bertz CT molecular complexity index is 1040. The Morgan fingerprint density at radius 2 is 1.69 bits per heavy atom. The molecule has 0 fully saturated rings. The quantitative estimate of drug-likeness (QED) is 0.333. The summed E-state index contributed by atoms with van der Waals surface area (Å²) in [7, 11) is 0. The molecular formula is C21H16ClN3O3S. The highest BCUT2D eigenvalue weighted by Gasteiger charge is 2.13. The van der Waals surface area contributed by atoms with Crippen molar-refractivity contribution in [3.05, 3.63) is 77.3 Å². The van der Waals surface area contributed by atoms with Gasteiger partial charge in [0.25, 0.3) is 0 Å². The normalized spacial score (nSPS) is 12.0. The number of benzene rings is 3. The van der Waals surface area contributed by atoms with Crippen LogP contribution in [-0.4, -0.2) is 18.1 Å². The number of hydrazone groups is 1. The third kappa shape index (κ3) is 5.16. The molecule has 3 aromatic carbocycles. The van der Waals surface area contributed by atoms with Crippen molar-refractivity contribution in [2.45, 2.75) is 0 Å². The molecule has 0 saturated heterocycles. The van der Waals surface area contributed by atoms with Crippen LogP contribution in [-0.2, 0) is 0 Å². The van der Waals surface area contributed by atoms with E-state index in [1.807, 2.05) is 48.5 Å². The molecule has 3 aromatic rings. The Morgan fingerprint density at radius 3 is 2.48 bits per heavy atom. The summed E-state index contributed by atoms with van der Waals surface area (Å²) in [5.41, 5.74) is 4.49. The molecular weight excluding hydrogens is 410 g/mol. The van der Waals surface area contributed by atoms with Crippen molar-refractivity contribution >= 4 is 40.8 Å². The van der Waals surface area contributed by atoms with Crippen molar-refractivity contribution in [1.29, 1.82) is 0 Å². The molecule has 2 N–H and O–H groups in total. The van der Waals surface area contributed by atoms with E-state index in [4.69, 9.17) is 38.0 Å². The second-order valence-corrected chi connectivity index (χ2v) is 6.86. The lowest BCUT2D eigenvalue weighted by Gasteiger charge is -2.07. The largest absolute Gasteiger partial charge is 0.457 e. The van der Waals surface area contributed by atoms with Gasteiger partial charge in [0.1, 0.15) is 11.5 Å². The number of hydrogen-bond donors (Lipinski definition) is 2. The first-order valence-corrected chi connectivity index (χ1v) is 9.47. The van der Waals surface area contributed by atoms with Gasteiger partial charge in [-0.2, -0.15) is 5.10 Å². The van der Waals surface area contributed by atoms with Crippen LogP contribution in [0.1, 0.15) is 5.56 Å². The maximum absolute atomic E-state index is 5.86. The van der Waals surface area contributed by atoms with Gasteiger partial charge in [-0.15, -0.1) is 0 Å². The Morgan fingerprint density at radius 1 is 0.966 bits per heavy atom. The second kappa shape index (κ2) is 8.81. The third-order valence-electron chi connectivity index (χ3n) is 3.94. The molecule has 8 heteroatoms. The standard InChI is InChI=1S/C21H16ClN3O3S/c22-15-3-5-16(6-4-15)24-21(29)25-23-12-14-1-7-17(8-2-14)28-18-9-10-19-20(11-18)27-13-26-19/h1-12H,13H2,(H2,24,25,29)/b23-12+. The predicted molar refractivity (Wildman–Crippen MR) is 117 cm³/mol. The van der Waals surface area contributed by atoms with Crippen molar-refractivity contribution in [2.24, 2.45) is 5.10 Å². The molecule has 0 amide bonds. The molecule has 4 rings (SSSR count). The predicted octanol–water partition coefficient (Wildman–Crippen LogP) is 5.18. The van der Waals surface area contributed by atoms with Crippen LogP contribution in [0, 0.1) is 0 Å². The van der Waals surface area contributed by atoms with Crippen LogP contribution >= 0.6 is 23.8 Å². The van der Waals surface area contributed by atoms with Gasteiger partial charge in [-0.25, -0.2) is 0 Å². The lowest BCUT2D eigenvalue weighted by molar-refractivity contribution is 0.174. The minimum absolute atomic E-state index is 0.236. The summed E-state index contributed by atoms with van der Waals surface area (Å²) in [5, 5.41) is 8.20. The van der Waals surface area contributed by atoms with E-state index < -0.39 is 0 Å². The summed E-state index contributed by atoms with van der Waals surface area (Å²) in [6.45, 7) is 0.236. The van der Waals surface area contributed by atoms with E-state index in [-0.39, 0.29) is 6.79 Å². The van der Waals surface area contributed by atoms with Crippen LogP contribution in [0.3, 0.4) is 0 Å². The van der Waals surface area contributed by atoms with Gasteiger partial charge < -0.3 is 19.5 Å². The number of ether oxygens (including phenoxy) is 3. The molecule has 6 nitrogen and oxygen atoms in total. The molecule has 0 saturated carbocycles. The molecule has 1 heterocycles. The summed E-state index contributed by atoms with van der Waals surface area (Å²) >= 11 is 11.1. The molecule has 0 unspecified atom stereocenters. The number of thiocarbonyl (C=S) groups is 1. The molecule has 0 atom stereocenters. The van der Waals surface area contributed by atoms with Crippen molar-refractivity contribution in [2.75, 3.05) is 12.1 Å². The van der Waals surface area contributed by atoms with Gasteiger partial charge in [0.15, 0.2) is 16.6 Å². The second-order valence-electron chi connectivity index (χ2n) is 6.02. The fraction of sp³-hybridized carbons (Fsp3) is 0.0476. The van der Waals surface area contributed by atoms with Crippen molar-refractivity contribution in [3.8, 4) is 23.0 Å². The van der Waals surface area contributed by atoms with Gasteiger partial charge in [0.2, 0.25) is 6.79 Å². The minimum Gasteiger partial charge on any atom is -0.457 e. The van der Waals surface area contributed by atoms with E-state index in [2.05, 4.69) is 15.8 Å². The van der Waals surface area contributed by atoms with Crippen LogP contribution in [0.25, 0.3) is 0 Å². The Kier molecular flexibility index (Phi) is 5.79. The molecule has 0 spiro atoms. The Labute approximate surface area is 178 Å². The fourth-order valence-electron chi connectivity index (χ4n) is 2.56. The van der Waals surface area contributed by atoms with Crippen molar-refractivity contribution in [1.82, 2.24) is 5.43 Å². The molecule has 0 radical (unpaired) electrons. The molecule has 29 heavy (non-hydrogen) atoms. The zero-order valence-electron chi connectivity index (χ0n) is 15.1. The number of anilines is 1. The molecule has 1 aliphatic heterocycles. The van der Waals surface area contributed by atoms with Crippen molar-refractivity contribution in [3.63, 3.8) is 0 Å².